The minimum atomic E-state index is -3.19. The number of carbonyl (C=O) groups is 8. The SMILES string of the molecule is COC(=O)[C@@]1(OC[C@@H](O[Si](C)(C)C(C)(C)C)[C@@H](O[Si](C)(C)C(C)(C)C)[C@@H]2O[C@@](Sc3ccc(C)cc3)(C(=O)OC)C[C@H](O[Si](C)(C)C(C)(C)C)[C@H]2NC(C)=O)C[C@H](OC(C)=O)[C@@H](NC(=O)OCC(Cl)(Cl)Cl)[C@H]([C@H](OC(C)=O)[C@@H](COC(C)=O)OC(C)=O)O1. The maximum Gasteiger partial charge on any atom is 0.407 e. The second kappa shape index (κ2) is 30.9. The largest absolute Gasteiger partial charge is 0.466 e. The highest BCUT2D eigenvalue weighted by Crippen LogP contribution is 2.50. The van der Waals surface area contributed by atoms with E-state index in [1.807, 2.05) is 112 Å². The number of alkyl halides is 3. The summed E-state index contributed by atoms with van der Waals surface area (Å²) in [6.45, 7) is 35.2. The summed E-state index contributed by atoms with van der Waals surface area (Å²) in [5, 5.41) is 4.10. The highest BCUT2D eigenvalue weighted by atomic mass is 35.6. The summed E-state index contributed by atoms with van der Waals surface area (Å²) in [5.41, 5.74) is 0.953. The van der Waals surface area contributed by atoms with Crippen molar-refractivity contribution >= 4 is 119 Å². The Kier molecular flexibility index (Phi) is 27.6. The second-order valence-electron chi connectivity index (χ2n) is 26.7. The number of ether oxygens (including phenoxy) is 10. The highest BCUT2D eigenvalue weighted by molar-refractivity contribution is 8.01. The van der Waals surface area contributed by atoms with Gasteiger partial charge in [-0.1, -0.05) is 127 Å². The number of benzene rings is 1. The topological polar surface area (TPSA) is 281 Å². The van der Waals surface area contributed by atoms with Gasteiger partial charge in [0.1, 0.15) is 37.6 Å². The molecule has 2 fully saturated rings. The molecule has 2 aliphatic heterocycles. The zero-order valence-corrected chi connectivity index (χ0v) is 61.3. The molecule has 88 heavy (non-hydrogen) atoms. The smallest absolute Gasteiger partial charge is 0.407 e. The average molecular weight is 1380 g/mol. The third kappa shape index (κ3) is 21.8. The van der Waals surface area contributed by atoms with Gasteiger partial charge in [-0.2, -0.15) is 0 Å². The van der Waals surface area contributed by atoms with Crippen LogP contribution in [0.5, 0.6) is 0 Å². The molecule has 0 aromatic heterocycles. The summed E-state index contributed by atoms with van der Waals surface area (Å²) in [6.07, 6.45) is -15.0. The lowest BCUT2D eigenvalue weighted by Crippen LogP contribution is -2.71. The van der Waals surface area contributed by atoms with Crippen molar-refractivity contribution in [2.75, 3.05) is 34.0 Å². The van der Waals surface area contributed by atoms with E-state index in [0.29, 0.717) is 4.90 Å². The van der Waals surface area contributed by atoms with Crippen LogP contribution in [-0.4, -0.2) is 182 Å². The highest BCUT2D eigenvalue weighted by Gasteiger charge is 2.63. The van der Waals surface area contributed by atoms with Crippen LogP contribution in [0.2, 0.25) is 54.4 Å². The molecule has 0 spiro atoms. The Balaban J connectivity index is 2.69. The Morgan fingerprint density at radius 3 is 1.59 bits per heavy atom. The third-order valence-corrected chi connectivity index (χ3v) is 31.5. The fourth-order valence-electron chi connectivity index (χ4n) is 8.96. The molecule has 1 aromatic rings. The minimum absolute atomic E-state index is 0.135. The first kappa shape index (κ1) is 78.7. The molecule has 0 aliphatic carbocycles. The number of aryl methyl sites for hydroxylation is 1. The first-order valence-corrected chi connectivity index (χ1v) is 39.5. The van der Waals surface area contributed by atoms with E-state index >= 15 is 9.59 Å². The Morgan fingerprint density at radius 2 is 1.12 bits per heavy atom. The average Bonchev–Trinajstić information content (AvgIpc) is 0.786. The Morgan fingerprint density at radius 1 is 0.614 bits per heavy atom. The number of hydrogen-bond donors (Lipinski definition) is 2. The molecule has 0 saturated carbocycles. The van der Waals surface area contributed by atoms with Gasteiger partial charge in [0, 0.05) is 45.9 Å². The quantitative estimate of drug-likeness (QED) is 0.0398. The van der Waals surface area contributed by atoms with Crippen LogP contribution < -0.4 is 10.6 Å². The molecule has 23 nitrogen and oxygen atoms in total. The molecular weight excluding hydrogens is 1280 g/mol. The van der Waals surface area contributed by atoms with E-state index in [2.05, 4.69) is 31.4 Å². The van der Waals surface area contributed by atoms with Crippen molar-refractivity contribution in [1.82, 2.24) is 10.6 Å². The van der Waals surface area contributed by atoms with Gasteiger partial charge >= 0.3 is 41.9 Å². The molecule has 12 atom stereocenters. The van der Waals surface area contributed by atoms with Crippen molar-refractivity contribution in [2.45, 2.75) is 251 Å². The molecule has 2 N–H and O–H groups in total. The first-order chi connectivity index (χ1) is 40.0. The maximum absolute atomic E-state index is 15.1. The van der Waals surface area contributed by atoms with Crippen molar-refractivity contribution in [3.63, 3.8) is 0 Å². The molecule has 502 valence electrons. The van der Waals surface area contributed by atoms with Crippen LogP contribution in [0.4, 0.5) is 4.79 Å². The molecule has 2 heterocycles. The number of nitrogens with one attached hydrogen (secondary N) is 2. The van der Waals surface area contributed by atoms with Crippen LogP contribution in [0.3, 0.4) is 0 Å². The Bertz CT molecular complexity index is 2610. The summed E-state index contributed by atoms with van der Waals surface area (Å²) in [7, 11) is -6.99. The van der Waals surface area contributed by atoms with Gasteiger partial charge in [-0.3, -0.25) is 24.0 Å². The van der Waals surface area contributed by atoms with E-state index in [0.717, 1.165) is 52.1 Å². The lowest BCUT2D eigenvalue weighted by molar-refractivity contribution is -0.319. The minimum Gasteiger partial charge on any atom is -0.466 e. The molecule has 0 radical (unpaired) electrons. The summed E-state index contributed by atoms with van der Waals surface area (Å²) < 4.78 is 80.7. The molecule has 0 unspecified atom stereocenters. The van der Waals surface area contributed by atoms with Gasteiger partial charge in [-0.05, 0) is 73.5 Å². The number of hydrogen-bond acceptors (Lipinski definition) is 22. The van der Waals surface area contributed by atoms with E-state index < -0.39 is 190 Å². The van der Waals surface area contributed by atoms with E-state index in [4.69, 9.17) is 95.4 Å². The number of carbonyl (C=O) groups excluding carboxylic acids is 8. The molecule has 1 aromatic carbocycles. The number of alkyl carbamates (subject to hydrolysis) is 1. The molecule has 2 amide bonds. The van der Waals surface area contributed by atoms with Gasteiger partial charge in [0.05, 0.1) is 51.5 Å². The van der Waals surface area contributed by atoms with Crippen molar-refractivity contribution in [3.8, 4) is 0 Å². The monoisotopic (exact) mass is 1380 g/mol. The van der Waals surface area contributed by atoms with Crippen molar-refractivity contribution in [1.29, 1.82) is 0 Å². The van der Waals surface area contributed by atoms with Crippen LogP contribution in [-0.2, 0) is 94.2 Å². The fourth-order valence-corrected chi connectivity index (χ4v) is 14.3. The summed E-state index contributed by atoms with van der Waals surface area (Å²) >= 11 is 18.9. The molecule has 2 saturated heterocycles. The van der Waals surface area contributed by atoms with Crippen LogP contribution in [0.25, 0.3) is 0 Å². The Hall–Kier alpha value is -3.59. The fraction of sp³-hybridized carbons (Fsp3) is 0.759. The van der Waals surface area contributed by atoms with Gasteiger partial charge in [0.25, 0.3) is 5.79 Å². The predicted molar refractivity (Wildman–Crippen MR) is 337 cm³/mol. The lowest BCUT2D eigenvalue weighted by atomic mass is 9.88. The number of halogens is 3. The standard InChI is InChI=1S/C58H95Cl3N2O21SSi3/c1-33-24-26-39(27-25-33)85-57(51(70)73-17)29-41(82-86(18,19)53(7,8)9)45(62-34(2)64)49(81-57)47(84-88(22,23)55(13,14)15)43(83-87(20,21)54(10,11)12)31-76-56(50(69)72-16)28-40(77-36(4)66)44(63-52(71)75-32-58(59,60)61)48(80-56)46(79-38(6)68)42(78-37(5)67)30-74-35(3)65/h24-27,40-49H,28-32H2,1-23H3,(H,62,64)(H,63,71)/t40-,41-,42+,43+,44+,45+,46+,47+,48+,49+,56+,57-/m0/s1. The summed E-state index contributed by atoms with van der Waals surface area (Å²) in [6, 6.07) is 4.61. The lowest BCUT2D eigenvalue weighted by Gasteiger charge is -2.54. The Labute approximate surface area is 541 Å². The van der Waals surface area contributed by atoms with Crippen molar-refractivity contribution in [2.24, 2.45) is 0 Å². The zero-order valence-electron chi connectivity index (χ0n) is 55.2. The van der Waals surface area contributed by atoms with E-state index in [-0.39, 0.29) is 6.42 Å². The van der Waals surface area contributed by atoms with Crippen molar-refractivity contribution < 1.29 is 99.0 Å². The second-order valence-corrected chi connectivity index (χ2v) is 44.8. The van der Waals surface area contributed by atoms with Gasteiger partial charge in [-0.15, -0.1) is 0 Å². The van der Waals surface area contributed by atoms with Gasteiger partial charge in [0.2, 0.25) is 14.6 Å². The number of thioether (sulfide) groups is 1. The summed E-state index contributed by atoms with van der Waals surface area (Å²) in [4.78, 5) is 108. The molecule has 2 aliphatic rings. The number of esters is 6. The predicted octanol–water partition coefficient (Wildman–Crippen LogP) is 9.92. The van der Waals surface area contributed by atoms with Crippen LogP contribution in [0.15, 0.2) is 29.2 Å². The molecular formula is C58H95Cl3N2O21SSi3. The van der Waals surface area contributed by atoms with Crippen LogP contribution in [0, 0.1) is 6.92 Å². The van der Waals surface area contributed by atoms with Crippen LogP contribution >= 0.6 is 46.6 Å². The molecule has 0 bridgehead atoms. The number of rotatable bonds is 25. The first-order valence-electron chi connectivity index (χ1n) is 28.8. The van der Waals surface area contributed by atoms with Gasteiger partial charge < -0.3 is 71.3 Å². The maximum atomic E-state index is 15.1. The van der Waals surface area contributed by atoms with Gasteiger partial charge in [0.15, 0.2) is 37.2 Å². The molecule has 3 rings (SSSR count). The van der Waals surface area contributed by atoms with E-state index in [1.54, 1.807) is 0 Å². The summed E-state index contributed by atoms with van der Waals surface area (Å²) in [5.74, 6) is -9.20. The van der Waals surface area contributed by atoms with E-state index in [9.17, 15) is 28.8 Å². The number of amides is 2. The van der Waals surface area contributed by atoms with Crippen LogP contribution in [0.1, 0.15) is 115 Å². The molecule has 30 heteroatoms. The van der Waals surface area contributed by atoms with E-state index in [1.165, 1.54) is 14.0 Å². The van der Waals surface area contributed by atoms with Crippen molar-refractivity contribution in [3.05, 3.63) is 29.8 Å². The third-order valence-electron chi connectivity index (χ3n) is 16.4. The normalized spacial score (nSPS) is 24.5. The zero-order chi connectivity index (χ0) is 67.7. The van der Waals surface area contributed by atoms with Gasteiger partial charge in [-0.25, -0.2) is 14.4 Å². The number of methoxy groups -OCH3 is 2.